The van der Waals surface area contributed by atoms with Crippen LogP contribution in [0.1, 0.15) is 10.4 Å². The predicted molar refractivity (Wildman–Crippen MR) is 95.4 cm³/mol. The third kappa shape index (κ3) is 2.65. The molecular weight excluding hydrogens is 317 g/mol. The maximum absolute atomic E-state index is 13.2. The number of nitrogens with zero attached hydrogens (tertiary/aromatic N) is 1. The molecule has 0 atom stereocenters. The van der Waals surface area contributed by atoms with E-state index in [2.05, 4.69) is 9.97 Å². The minimum absolute atomic E-state index is 0.297. The van der Waals surface area contributed by atoms with Gasteiger partial charge < -0.3 is 10.7 Å². The number of pyridine rings is 1. The molecule has 0 spiro atoms. The molecule has 0 aliphatic carbocycles. The summed E-state index contributed by atoms with van der Waals surface area (Å²) in [6.07, 6.45) is 3.48. The number of hydrogen-bond acceptors (Lipinski definition) is 2. The Balaban J connectivity index is 1.98. The molecule has 2 heterocycles. The molecule has 0 saturated carbocycles. The lowest BCUT2D eigenvalue weighted by atomic mass is 10.00. The minimum Gasteiger partial charge on any atom is -0.366 e. The Kier molecular flexibility index (Phi) is 3.54. The Bertz CT molecular complexity index is 1070. The van der Waals surface area contributed by atoms with Crippen LogP contribution in [-0.2, 0) is 0 Å². The molecular formula is C20H14FN3O. The van der Waals surface area contributed by atoms with Gasteiger partial charge in [0.2, 0.25) is 0 Å². The molecule has 25 heavy (non-hydrogen) atoms. The number of hydrogen-bond donors (Lipinski definition) is 2. The Morgan fingerprint density at radius 2 is 1.84 bits per heavy atom. The van der Waals surface area contributed by atoms with Gasteiger partial charge in [0.05, 0.1) is 11.1 Å². The molecule has 0 aliphatic rings. The smallest absolute Gasteiger partial charge is 0.250 e. The van der Waals surface area contributed by atoms with E-state index in [9.17, 15) is 9.18 Å². The average Bonchev–Trinajstić information content (AvgIpc) is 3.07. The zero-order valence-corrected chi connectivity index (χ0v) is 13.2. The number of amides is 1. The van der Waals surface area contributed by atoms with Crippen molar-refractivity contribution >= 4 is 16.8 Å². The van der Waals surface area contributed by atoms with Crippen molar-refractivity contribution < 1.29 is 9.18 Å². The van der Waals surface area contributed by atoms with Gasteiger partial charge in [-0.3, -0.25) is 9.78 Å². The van der Waals surface area contributed by atoms with E-state index < -0.39 is 5.91 Å². The van der Waals surface area contributed by atoms with Gasteiger partial charge in [-0.25, -0.2) is 4.39 Å². The van der Waals surface area contributed by atoms with Crippen LogP contribution in [0.2, 0.25) is 0 Å². The van der Waals surface area contributed by atoms with Gasteiger partial charge in [-0.05, 0) is 53.6 Å². The van der Waals surface area contributed by atoms with Crippen LogP contribution in [-0.4, -0.2) is 15.9 Å². The molecule has 4 rings (SSSR count). The van der Waals surface area contributed by atoms with Gasteiger partial charge in [0.1, 0.15) is 5.82 Å². The first-order chi connectivity index (χ1) is 12.1. The molecule has 1 amide bonds. The van der Waals surface area contributed by atoms with E-state index in [1.165, 1.54) is 12.1 Å². The molecule has 4 nitrogen and oxygen atoms in total. The Morgan fingerprint density at radius 3 is 2.52 bits per heavy atom. The standard InChI is InChI=1S/C20H14FN3O/c21-14-5-3-12(4-6-14)18-10-17-15(13-2-1-9-23-11-13)7-8-16(20(22)25)19(17)24-18/h1-11,24H,(H2,22,25). The van der Waals surface area contributed by atoms with Crippen LogP contribution < -0.4 is 5.73 Å². The molecule has 2 aromatic heterocycles. The van der Waals surface area contributed by atoms with Crippen molar-refractivity contribution in [1.82, 2.24) is 9.97 Å². The molecule has 2 aromatic carbocycles. The molecule has 0 fully saturated rings. The Hall–Kier alpha value is -3.47. The lowest BCUT2D eigenvalue weighted by molar-refractivity contribution is 0.100. The third-order valence-electron chi connectivity index (χ3n) is 4.19. The number of carbonyl (C=O) groups excluding carboxylic acids is 1. The van der Waals surface area contributed by atoms with Crippen molar-refractivity contribution in [3.63, 3.8) is 0 Å². The molecule has 122 valence electrons. The predicted octanol–water partition coefficient (Wildman–Crippen LogP) is 4.13. The van der Waals surface area contributed by atoms with Crippen molar-refractivity contribution in [2.75, 3.05) is 0 Å². The fourth-order valence-electron chi connectivity index (χ4n) is 2.98. The summed E-state index contributed by atoms with van der Waals surface area (Å²) in [5.74, 6) is -0.802. The normalized spacial score (nSPS) is 10.9. The van der Waals surface area contributed by atoms with Crippen LogP contribution in [0.5, 0.6) is 0 Å². The highest BCUT2D eigenvalue weighted by atomic mass is 19.1. The fraction of sp³-hybridized carbons (Fsp3) is 0. The summed E-state index contributed by atoms with van der Waals surface area (Å²) in [6, 6.07) is 15.5. The second-order valence-corrected chi connectivity index (χ2v) is 5.75. The number of benzene rings is 2. The number of halogens is 1. The molecule has 3 N–H and O–H groups in total. The number of H-pyrrole nitrogens is 1. The van der Waals surface area contributed by atoms with Gasteiger partial charge >= 0.3 is 0 Å². The first kappa shape index (κ1) is 15.1. The summed E-state index contributed by atoms with van der Waals surface area (Å²) < 4.78 is 13.2. The van der Waals surface area contributed by atoms with E-state index in [-0.39, 0.29) is 5.82 Å². The number of primary amides is 1. The average molecular weight is 331 g/mol. The highest BCUT2D eigenvalue weighted by Gasteiger charge is 2.15. The van der Waals surface area contributed by atoms with E-state index >= 15 is 0 Å². The SMILES string of the molecule is NC(=O)c1ccc(-c2cccnc2)c2cc(-c3ccc(F)cc3)[nH]c12. The van der Waals surface area contributed by atoms with Crippen LogP contribution in [0.4, 0.5) is 4.39 Å². The number of rotatable bonds is 3. The van der Waals surface area contributed by atoms with Crippen molar-refractivity contribution in [3.8, 4) is 22.4 Å². The molecule has 0 unspecified atom stereocenters. The van der Waals surface area contributed by atoms with Gasteiger partial charge in [-0.1, -0.05) is 12.1 Å². The quantitative estimate of drug-likeness (QED) is 0.592. The van der Waals surface area contributed by atoms with Gasteiger partial charge in [-0.15, -0.1) is 0 Å². The molecule has 4 aromatic rings. The summed E-state index contributed by atoms with van der Waals surface area (Å²) in [4.78, 5) is 19.2. The summed E-state index contributed by atoms with van der Waals surface area (Å²) >= 11 is 0. The van der Waals surface area contributed by atoms with E-state index in [4.69, 9.17) is 5.73 Å². The summed E-state index contributed by atoms with van der Waals surface area (Å²) in [5.41, 5.74) is 10.1. The monoisotopic (exact) mass is 331 g/mol. The van der Waals surface area contributed by atoms with Gasteiger partial charge in [0.25, 0.3) is 5.91 Å². The molecule has 0 saturated heterocycles. The maximum atomic E-state index is 13.2. The van der Waals surface area contributed by atoms with Gasteiger partial charge in [0, 0.05) is 29.0 Å². The highest BCUT2D eigenvalue weighted by molar-refractivity contribution is 6.10. The van der Waals surface area contributed by atoms with E-state index in [0.717, 1.165) is 27.8 Å². The fourth-order valence-corrected chi connectivity index (χ4v) is 2.98. The van der Waals surface area contributed by atoms with E-state index in [1.807, 2.05) is 24.3 Å². The summed E-state index contributed by atoms with van der Waals surface area (Å²) in [5, 5.41) is 0.864. The lowest BCUT2D eigenvalue weighted by Gasteiger charge is -2.05. The number of carbonyl (C=O) groups is 1. The van der Waals surface area contributed by atoms with Crippen molar-refractivity contribution in [2.24, 2.45) is 5.73 Å². The second kappa shape index (κ2) is 5.87. The zero-order valence-electron chi connectivity index (χ0n) is 13.2. The Labute approximate surface area is 143 Å². The minimum atomic E-state index is -0.504. The van der Waals surface area contributed by atoms with Gasteiger partial charge in [0.15, 0.2) is 0 Å². The lowest BCUT2D eigenvalue weighted by Crippen LogP contribution is -2.11. The number of nitrogens with two attached hydrogens (primary N) is 1. The van der Waals surface area contributed by atoms with Crippen LogP contribution in [0.25, 0.3) is 33.3 Å². The molecule has 5 heteroatoms. The number of aromatic nitrogens is 2. The van der Waals surface area contributed by atoms with E-state index in [0.29, 0.717) is 11.1 Å². The van der Waals surface area contributed by atoms with Crippen LogP contribution in [0, 0.1) is 5.82 Å². The molecule has 0 aliphatic heterocycles. The largest absolute Gasteiger partial charge is 0.366 e. The summed E-state index contributed by atoms with van der Waals surface area (Å²) in [6.45, 7) is 0. The summed E-state index contributed by atoms with van der Waals surface area (Å²) in [7, 11) is 0. The zero-order chi connectivity index (χ0) is 17.4. The Morgan fingerprint density at radius 1 is 1.04 bits per heavy atom. The second-order valence-electron chi connectivity index (χ2n) is 5.75. The third-order valence-corrected chi connectivity index (χ3v) is 4.19. The maximum Gasteiger partial charge on any atom is 0.250 e. The first-order valence-electron chi connectivity index (χ1n) is 7.75. The number of nitrogens with one attached hydrogen (secondary N) is 1. The van der Waals surface area contributed by atoms with Crippen LogP contribution >= 0.6 is 0 Å². The van der Waals surface area contributed by atoms with Gasteiger partial charge in [-0.2, -0.15) is 0 Å². The highest BCUT2D eigenvalue weighted by Crippen LogP contribution is 2.34. The topological polar surface area (TPSA) is 71.8 Å². The number of aromatic amines is 1. The van der Waals surface area contributed by atoms with Crippen molar-refractivity contribution in [1.29, 1.82) is 0 Å². The van der Waals surface area contributed by atoms with Crippen molar-refractivity contribution in [2.45, 2.75) is 0 Å². The molecule has 0 radical (unpaired) electrons. The first-order valence-corrected chi connectivity index (χ1v) is 7.75. The van der Waals surface area contributed by atoms with Crippen LogP contribution in [0.3, 0.4) is 0 Å². The molecule has 0 bridgehead atoms. The van der Waals surface area contributed by atoms with E-state index in [1.54, 1.807) is 30.6 Å². The van der Waals surface area contributed by atoms with Crippen molar-refractivity contribution in [3.05, 3.63) is 78.4 Å². The van der Waals surface area contributed by atoms with Crippen LogP contribution in [0.15, 0.2) is 67.0 Å². The number of fused-ring (bicyclic) bond motifs is 1.